The van der Waals surface area contributed by atoms with E-state index in [-0.39, 0.29) is 25.9 Å². The second-order valence-electron chi connectivity index (χ2n) is 12.5. The van der Waals surface area contributed by atoms with Gasteiger partial charge in [-0.2, -0.15) is 0 Å². The number of carbonyl (C=O) groups is 1. The van der Waals surface area contributed by atoms with Crippen LogP contribution in [0.5, 0.6) is 11.5 Å². The van der Waals surface area contributed by atoms with Crippen molar-refractivity contribution >= 4 is 51.7 Å². The number of aliphatic hydroxyl groups excluding tert-OH is 1. The monoisotopic (exact) mass is 693 g/mol. The normalized spacial score (nSPS) is 16.6. The Balaban J connectivity index is 1.12. The Morgan fingerprint density at radius 1 is 0.920 bits per heavy atom. The Labute approximate surface area is 297 Å². The number of aromatic nitrogens is 1. The van der Waals surface area contributed by atoms with Crippen LogP contribution in [0.25, 0.3) is 27.2 Å². The third-order valence-corrected chi connectivity index (χ3v) is 9.78. The summed E-state index contributed by atoms with van der Waals surface area (Å²) in [5, 5.41) is 13.5. The van der Waals surface area contributed by atoms with Gasteiger partial charge in [0.2, 0.25) is 0 Å². The molecule has 2 aliphatic rings. The number of carbonyl (C=O) groups excluding carboxylic acids is 1. The van der Waals surface area contributed by atoms with Gasteiger partial charge >= 0.3 is 5.97 Å². The minimum atomic E-state index is -0.394. The number of H-pyrrole nitrogens is 1. The van der Waals surface area contributed by atoms with Crippen molar-refractivity contribution in [3.05, 3.63) is 107 Å². The predicted molar refractivity (Wildman–Crippen MR) is 201 cm³/mol. The molecule has 0 aliphatic carbocycles. The quantitative estimate of drug-likeness (QED) is 0.0600. The Morgan fingerprint density at radius 2 is 1.68 bits per heavy atom. The predicted octanol–water partition coefficient (Wildman–Crippen LogP) is 5.74. The molecule has 4 aromatic carbocycles. The summed E-state index contributed by atoms with van der Waals surface area (Å²) in [5.41, 5.74) is 12.3. The van der Waals surface area contributed by atoms with Gasteiger partial charge in [0.25, 0.3) is 0 Å². The molecule has 50 heavy (non-hydrogen) atoms. The minimum Gasteiger partial charge on any atom is -0.493 e. The zero-order valence-electron chi connectivity index (χ0n) is 28.2. The number of fused-ring (bicyclic) bond motifs is 2. The van der Waals surface area contributed by atoms with Gasteiger partial charge in [-0.05, 0) is 61.0 Å². The largest absolute Gasteiger partial charge is 0.493 e. The number of thiol groups is 1. The van der Waals surface area contributed by atoms with Crippen molar-refractivity contribution in [3.8, 4) is 11.5 Å². The number of nitrogens with zero attached hydrogens (tertiary/aromatic N) is 2. The fourth-order valence-electron chi connectivity index (χ4n) is 6.88. The molecular formula is C39H43N5O5S. The number of benzene rings is 4. The van der Waals surface area contributed by atoms with E-state index in [0.29, 0.717) is 25.1 Å². The highest BCUT2D eigenvalue weighted by molar-refractivity contribution is 7.77. The molecule has 1 unspecified atom stereocenters. The van der Waals surface area contributed by atoms with Crippen molar-refractivity contribution in [3.63, 3.8) is 0 Å². The van der Waals surface area contributed by atoms with Crippen LogP contribution in [0.3, 0.4) is 0 Å². The van der Waals surface area contributed by atoms with Gasteiger partial charge in [-0.25, -0.2) is 14.5 Å². The van der Waals surface area contributed by atoms with Crippen molar-refractivity contribution in [1.82, 2.24) is 20.1 Å². The molecule has 1 fully saturated rings. The van der Waals surface area contributed by atoms with Gasteiger partial charge in [0.15, 0.2) is 0 Å². The van der Waals surface area contributed by atoms with E-state index in [4.69, 9.17) is 14.2 Å². The molecule has 1 saturated heterocycles. The molecule has 5 aromatic rings. The molecule has 0 bridgehead atoms. The van der Waals surface area contributed by atoms with E-state index >= 15 is 0 Å². The highest BCUT2D eigenvalue weighted by atomic mass is 32.1. The number of piperazine rings is 1. The van der Waals surface area contributed by atoms with Gasteiger partial charge in [0.05, 0.1) is 37.1 Å². The fourth-order valence-corrected chi connectivity index (χ4v) is 7.05. The van der Waals surface area contributed by atoms with Gasteiger partial charge < -0.3 is 34.6 Å². The second kappa shape index (κ2) is 15.5. The van der Waals surface area contributed by atoms with Gasteiger partial charge in [-0.1, -0.05) is 67.4 Å². The molecule has 11 heteroatoms. The average Bonchev–Trinajstić information content (AvgIpc) is 3.74. The number of aliphatic hydroxyl groups is 1. The van der Waals surface area contributed by atoms with Gasteiger partial charge in [-0.15, -0.1) is 0 Å². The molecule has 3 heterocycles. The van der Waals surface area contributed by atoms with Gasteiger partial charge in [-0.3, -0.25) is 0 Å². The number of aryl methyl sites for hydroxylation is 1. The molecule has 260 valence electrons. The fraction of sp³-hybridized carbons (Fsp3) is 0.308. The molecule has 1 atom stereocenters. The lowest BCUT2D eigenvalue weighted by atomic mass is 9.95. The molecular weight excluding hydrogens is 651 g/mol. The Hall–Kier alpha value is -4.68. The first-order valence-corrected chi connectivity index (χ1v) is 17.6. The maximum atomic E-state index is 13.3. The van der Waals surface area contributed by atoms with Crippen molar-refractivity contribution in [2.45, 2.75) is 25.8 Å². The summed E-state index contributed by atoms with van der Waals surface area (Å²) < 4.78 is 20.0. The van der Waals surface area contributed by atoms with E-state index in [0.717, 1.165) is 87.4 Å². The second-order valence-corrected chi connectivity index (χ2v) is 13.0. The highest BCUT2D eigenvalue weighted by Crippen LogP contribution is 2.35. The third-order valence-electron chi connectivity index (χ3n) is 9.38. The Morgan fingerprint density at radius 3 is 2.48 bits per heavy atom. The Bertz CT molecular complexity index is 1980. The summed E-state index contributed by atoms with van der Waals surface area (Å²) >= 11 is 4.46. The smallest absolute Gasteiger partial charge is 0.355 e. The van der Waals surface area contributed by atoms with E-state index in [1.54, 1.807) is 6.92 Å². The zero-order chi connectivity index (χ0) is 34.5. The van der Waals surface area contributed by atoms with Crippen molar-refractivity contribution < 1.29 is 24.1 Å². The first-order valence-electron chi connectivity index (χ1n) is 17.2. The molecule has 0 saturated carbocycles. The van der Waals surface area contributed by atoms with Gasteiger partial charge in [0, 0.05) is 53.8 Å². The molecule has 7 rings (SSSR count). The van der Waals surface area contributed by atoms with Crippen LogP contribution >= 0.6 is 12.8 Å². The summed E-state index contributed by atoms with van der Waals surface area (Å²) in [6, 6.07) is 28.0. The van der Waals surface area contributed by atoms with Crippen LogP contribution in [0.1, 0.15) is 35.0 Å². The molecule has 0 spiro atoms. The minimum absolute atomic E-state index is 0.125. The highest BCUT2D eigenvalue weighted by Gasteiger charge is 2.29. The van der Waals surface area contributed by atoms with E-state index in [1.807, 2.05) is 58.9 Å². The SMILES string of the molecule is CCOC(=O)c1[nH]c2c(C3=C(COc4ccc(N5CCN(S)CC5)cc4)NNC3CO)cccc2c1CCCOc1cccc2ccccc12. The van der Waals surface area contributed by atoms with E-state index in [9.17, 15) is 9.90 Å². The summed E-state index contributed by atoms with van der Waals surface area (Å²) in [4.78, 5) is 19.0. The number of esters is 1. The van der Waals surface area contributed by atoms with Crippen LogP contribution in [0, 0.1) is 0 Å². The van der Waals surface area contributed by atoms with Gasteiger partial charge in [0.1, 0.15) is 23.8 Å². The maximum absolute atomic E-state index is 13.3. The van der Waals surface area contributed by atoms with E-state index in [1.165, 1.54) is 0 Å². The van der Waals surface area contributed by atoms with Crippen LogP contribution in [0.4, 0.5) is 5.69 Å². The number of ether oxygens (including phenoxy) is 3. The maximum Gasteiger partial charge on any atom is 0.355 e. The lowest BCUT2D eigenvalue weighted by molar-refractivity contribution is 0.0519. The lowest BCUT2D eigenvalue weighted by Gasteiger charge is -2.33. The lowest BCUT2D eigenvalue weighted by Crippen LogP contribution is -2.42. The number of para-hydroxylation sites is 1. The standard InChI is InChI=1S/C39H43N5O5S/c1-2-47-39(46)38-31(13-7-23-48-35-14-5-9-26-8-3-4-10-29(26)35)30-11-6-12-32(37(30)40-38)36-33(24-45)41-42-34(36)25-49-28-17-15-27(16-18-28)43-19-21-44(50)22-20-43/h3-6,8-12,14-18,33,40-42,45,50H,2,7,13,19-25H2,1H3. The molecule has 0 amide bonds. The number of nitrogens with one attached hydrogen (secondary N) is 3. The zero-order valence-corrected chi connectivity index (χ0v) is 29.0. The molecule has 0 radical (unpaired) electrons. The van der Waals surface area contributed by atoms with E-state index < -0.39 is 5.97 Å². The number of anilines is 1. The summed E-state index contributed by atoms with van der Waals surface area (Å²) in [6.45, 7) is 6.39. The van der Waals surface area contributed by atoms with Crippen LogP contribution in [0.2, 0.25) is 0 Å². The summed E-state index contributed by atoms with van der Waals surface area (Å²) in [6.07, 6.45) is 1.30. The van der Waals surface area contributed by atoms with E-state index in [2.05, 4.69) is 63.9 Å². The van der Waals surface area contributed by atoms with Crippen LogP contribution < -0.4 is 25.2 Å². The molecule has 2 aliphatic heterocycles. The number of hydrogen-bond donors (Lipinski definition) is 5. The molecule has 10 nitrogen and oxygen atoms in total. The van der Waals surface area contributed by atoms with Crippen molar-refractivity contribution in [2.24, 2.45) is 0 Å². The number of hydrazine groups is 1. The van der Waals surface area contributed by atoms with Crippen molar-refractivity contribution in [2.75, 3.05) is 57.5 Å². The average molecular weight is 694 g/mol. The topological polar surface area (TPSA) is 111 Å². The number of hydrogen-bond acceptors (Lipinski definition) is 10. The molecule has 4 N–H and O–H groups in total. The number of rotatable bonds is 13. The first-order chi connectivity index (χ1) is 24.5. The van der Waals surface area contributed by atoms with Crippen LogP contribution in [0.15, 0.2) is 90.6 Å². The van der Waals surface area contributed by atoms with Crippen LogP contribution in [-0.4, -0.2) is 79.0 Å². The Kier molecular flexibility index (Phi) is 10.5. The van der Waals surface area contributed by atoms with Crippen LogP contribution in [-0.2, 0) is 11.2 Å². The summed E-state index contributed by atoms with van der Waals surface area (Å²) in [7, 11) is 0. The number of aromatic amines is 1. The molecule has 1 aromatic heterocycles. The van der Waals surface area contributed by atoms with Crippen molar-refractivity contribution in [1.29, 1.82) is 0 Å². The summed E-state index contributed by atoms with van der Waals surface area (Å²) in [5.74, 6) is 1.20. The first kappa shape index (κ1) is 33.8. The third kappa shape index (κ3) is 7.13.